The zero-order chi connectivity index (χ0) is 24.5. The molecule has 0 saturated carbocycles. The summed E-state index contributed by atoms with van der Waals surface area (Å²) in [6.45, 7) is 8.84. The SMILES string of the molecule is CCCCCCCCc1c(O)c(OC(=O)O)c(OCC)c(OCC)c1CCCCCCCC. The highest BCUT2D eigenvalue weighted by atomic mass is 16.7. The number of ether oxygens (including phenoxy) is 3. The maximum atomic E-state index is 11.4. The Morgan fingerprint density at radius 3 is 1.58 bits per heavy atom. The third-order valence-corrected chi connectivity index (χ3v) is 5.88. The lowest BCUT2D eigenvalue weighted by molar-refractivity contribution is 0.139. The summed E-state index contributed by atoms with van der Waals surface area (Å²) in [7, 11) is 0. The van der Waals surface area contributed by atoms with Crippen molar-refractivity contribution in [1.29, 1.82) is 0 Å². The van der Waals surface area contributed by atoms with Crippen molar-refractivity contribution in [2.24, 2.45) is 0 Å². The van der Waals surface area contributed by atoms with E-state index in [4.69, 9.17) is 14.2 Å². The van der Waals surface area contributed by atoms with Crippen LogP contribution in [0.2, 0.25) is 0 Å². The first kappa shape index (κ1) is 28.9. The molecule has 0 unspecified atom stereocenters. The highest BCUT2D eigenvalue weighted by molar-refractivity contribution is 5.72. The third-order valence-electron chi connectivity index (χ3n) is 5.88. The second kappa shape index (κ2) is 17.4. The van der Waals surface area contributed by atoms with Gasteiger partial charge in [-0.05, 0) is 39.5 Å². The van der Waals surface area contributed by atoms with Gasteiger partial charge >= 0.3 is 6.16 Å². The Kier molecular flexibility index (Phi) is 15.2. The van der Waals surface area contributed by atoms with Gasteiger partial charge in [0.25, 0.3) is 0 Å². The molecule has 0 saturated heterocycles. The van der Waals surface area contributed by atoms with Crippen molar-refractivity contribution < 1.29 is 29.2 Å². The van der Waals surface area contributed by atoms with Gasteiger partial charge in [-0.2, -0.15) is 0 Å². The standard InChI is InChI=1S/C27H46O6/c1-5-9-11-13-15-17-19-21-22(20-18-16-14-12-10-6-2)24(31-7-3)26(32-8-4)25(23(21)28)33-27(29)30/h28H,5-20H2,1-4H3,(H,29,30). The lowest BCUT2D eigenvalue weighted by atomic mass is 9.93. The minimum absolute atomic E-state index is 0.126. The van der Waals surface area contributed by atoms with Crippen molar-refractivity contribution in [2.75, 3.05) is 13.2 Å². The summed E-state index contributed by atoms with van der Waals surface area (Å²) >= 11 is 0. The number of unbranched alkanes of at least 4 members (excludes halogenated alkanes) is 10. The Morgan fingerprint density at radius 1 is 0.636 bits per heavy atom. The van der Waals surface area contributed by atoms with E-state index < -0.39 is 6.16 Å². The molecular formula is C27H46O6. The van der Waals surface area contributed by atoms with Gasteiger partial charge < -0.3 is 24.4 Å². The van der Waals surface area contributed by atoms with Crippen molar-refractivity contribution in [1.82, 2.24) is 0 Å². The van der Waals surface area contributed by atoms with Crippen LogP contribution in [0.3, 0.4) is 0 Å². The van der Waals surface area contributed by atoms with E-state index in [1.807, 2.05) is 13.8 Å². The molecule has 0 atom stereocenters. The number of hydrogen-bond acceptors (Lipinski definition) is 5. The van der Waals surface area contributed by atoms with Crippen molar-refractivity contribution in [3.63, 3.8) is 0 Å². The molecule has 0 heterocycles. The average Bonchev–Trinajstić information content (AvgIpc) is 2.79. The molecule has 6 heteroatoms. The predicted molar refractivity (Wildman–Crippen MR) is 133 cm³/mol. The molecule has 0 bridgehead atoms. The smallest absolute Gasteiger partial charge is 0.504 e. The molecule has 0 radical (unpaired) electrons. The van der Waals surface area contributed by atoms with E-state index in [0.717, 1.165) is 49.7 Å². The van der Waals surface area contributed by atoms with Gasteiger partial charge in [-0.1, -0.05) is 78.1 Å². The predicted octanol–water partition coefficient (Wildman–Crippen LogP) is 8.05. The zero-order valence-electron chi connectivity index (χ0n) is 21.3. The Bertz CT molecular complexity index is 686. The fourth-order valence-electron chi connectivity index (χ4n) is 4.22. The topological polar surface area (TPSA) is 85.2 Å². The maximum Gasteiger partial charge on any atom is 0.511 e. The monoisotopic (exact) mass is 466 g/mol. The lowest BCUT2D eigenvalue weighted by Crippen LogP contribution is -2.11. The normalized spacial score (nSPS) is 10.9. The van der Waals surface area contributed by atoms with Crippen LogP contribution >= 0.6 is 0 Å². The molecule has 0 aliphatic carbocycles. The van der Waals surface area contributed by atoms with Crippen LogP contribution in [-0.2, 0) is 12.8 Å². The van der Waals surface area contributed by atoms with Crippen LogP contribution < -0.4 is 14.2 Å². The van der Waals surface area contributed by atoms with E-state index in [2.05, 4.69) is 13.8 Å². The molecule has 6 nitrogen and oxygen atoms in total. The molecule has 1 aromatic rings. The molecule has 33 heavy (non-hydrogen) atoms. The summed E-state index contributed by atoms with van der Waals surface area (Å²) in [5.74, 6) is 0.425. The number of phenolic OH excluding ortho intramolecular Hbond substituents is 1. The van der Waals surface area contributed by atoms with E-state index in [1.54, 1.807) is 0 Å². The lowest BCUT2D eigenvalue weighted by Gasteiger charge is -2.23. The highest BCUT2D eigenvalue weighted by Crippen LogP contribution is 2.50. The van der Waals surface area contributed by atoms with E-state index in [1.165, 1.54) is 44.9 Å². The van der Waals surface area contributed by atoms with Gasteiger partial charge in [0.2, 0.25) is 11.5 Å². The number of aromatic hydroxyl groups is 1. The Labute approximate surface area is 200 Å². The van der Waals surface area contributed by atoms with Gasteiger partial charge in [-0.15, -0.1) is 0 Å². The van der Waals surface area contributed by atoms with Crippen LogP contribution in [0, 0.1) is 0 Å². The number of benzene rings is 1. The first-order chi connectivity index (χ1) is 16.0. The molecular weight excluding hydrogens is 420 g/mol. The largest absolute Gasteiger partial charge is 0.511 e. The summed E-state index contributed by atoms with van der Waals surface area (Å²) < 4.78 is 16.7. The van der Waals surface area contributed by atoms with Gasteiger partial charge in [0, 0.05) is 11.1 Å². The van der Waals surface area contributed by atoms with E-state index in [9.17, 15) is 15.0 Å². The summed E-state index contributed by atoms with van der Waals surface area (Å²) in [4.78, 5) is 11.4. The quantitative estimate of drug-likeness (QED) is 0.122. The Balaban J connectivity index is 3.25. The molecule has 2 N–H and O–H groups in total. The maximum absolute atomic E-state index is 11.4. The third kappa shape index (κ3) is 10.1. The molecule has 0 aliphatic rings. The minimum atomic E-state index is -1.48. The second-order valence-corrected chi connectivity index (χ2v) is 8.56. The number of hydrogen-bond donors (Lipinski definition) is 2. The van der Waals surface area contributed by atoms with E-state index in [0.29, 0.717) is 25.4 Å². The number of phenols is 1. The number of rotatable bonds is 19. The highest BCUT2D eigenvalue weighted by Gasteiger charge is 2.28. The van der Waals surface area contributed by atoms with Crippen molar-refractivity contribution >= 4 is 6.16 Å². The fourth-order valence-corrected chi connectivity index (χ4v) is 4.22. The van der Waals surface area contributed by atoms with E-state index >= 15 is 0 Å². The molecule has 0 fully saturated rings. The molecule has 190 valence electrons. The Hall–Kier alpha value is -2.11. The van der Waals surface area contributed by atoms with Crippen LogP contribution in [0.1, 0.15) is 116 Å². The number of carbonyl (C=O) groups is 1. The summed E-state index contributed by atoms with van der Waals surface area (Å²) in [5.41, 5.74) is 1.67. The van der Waals surface area contributed by atoms with Crippen molar-refractivity contribution in [2.45, 2.75) is 118 Å². The molecule has 0 spiro atoms. The molecule has 0 amide bonds. The van der Waals surface area contributed by atoms with Gasteiger partial charge in [0.05, 0.1) is 13.2 Å². The molecule has 1 aromatic carbocycles. The summed E-state index contributed by atoms with van der Waals surface area (Å²) in [6, 6.07) is 0. The fraction of sp³-hybridized carbons (Fsp3) is 0.741. The van der Waals surface area contributed by atoms with Gasteiger partial charge in [-0.3, -0.25) is 0 Å². The van der Waals surface area contributed by atoms with Crippen LogP contribution in [0.25, 0.3) is 0 Å². The first-order valence-corrected chi connectivity index (χ1v) is 13.1. The molecule has 0 aliphatic heterocycles. The second-order valence-electron chi connectivity index (χ2n) is 8.56. The van der Waals surface area contributed by atoms with E-state index in [-0.39, 0.29) is 17.2 Å². The first-order valence-electron chi connectivity index (χ1n) is 13.1. The van der Waals surface area contributed by atoms with Crippen LogP contribution in [0.15, 0.2) is 0 Å². The average molecular weight is 467 g/mol. The summed E-state index contributed by atoms with van der Waals surface area (Å²) in [5, 5.41) is 20.4. The number of carboxylic acid groups (broad SMARTS) is 1. The van der Waals surface area contributed by atoms with Gasteiger partial charge in [0.1, 0.15) is 0 Å². The zero-order valence-corrected chi connectivity index (χ0v) is 21.3. The van der Waals surface area contributed by atoms with Crippen molar-refractivity contribution in [3.8, 4) is 23.0 Å². The summed E-state index contributed by atoms with van der Waals surface area (Å²) in [6.07, 6.45) is 13.7. The van der Waals surface area contributed by atoms with Gasteiger partial charge in [0.15, 0.2) is 11.5 Å². The molecule has 0 aromatic heterocycles. The molecule has 1 rings (SSSR count). The minimum Gasteiger partial charge on any atom is -0.504 e. The van der Waals surface area contributed by atoms with Gasteiger partial charge in [-0.25, -0.2) is 4.79 Å². The van der Waals surface area contributed by atoms with Crippen molar-refractivity contribution in [3.05, 3.63) is 11.1 Å². The van der Waals surface area contributed by atoms with Crippen LogP contribution in [0.5, 0.6) is 23.0 Å². The Morgan fingerprint density at radius 2 is 1.09 bits per heavy atom. The van der Waals surface area contributed by atoms with Crippen LogP contribution in [-0.4, -0.2) is 29.6 Å². The van der Waals surface area contributed by atoms with Crippen LogP contribution in [0.4, 0.5) is 4.79 Å².